The summed E-state index contributed by atoms with van der Waals surface area (Å²) in [5.41, 5.74) is 1.81. The monoisotopic (exact) mass is 464 g/mol. The average molecular weight is 465 g/mol. The molecule has 1 heterocycles. The van der Waals surface area contributed by atoms with Crippen LogP contribution in [0.5, 0.6) is 0 Å². The van der Waals surface area contributed by atoms with Crippen molar-refractivity contribution in [3.63, 3.8) is 0 Å². The number of nitrogens with one attached hydrogen (secondary N) is 2. The Morgan fingerprint density at radius 3 is 2.38 bits per heavy atom. The van der Waals surface area contributed by atoms with E-state index in [9.17, 15) is 19.5 Å². The average Bonchev–Trinajstić information content (AvgIpc) is 2.85. The van der Waals surface area contributed by atoms with Gasteiger partial charge in [0, 0.05) is 6.04 Å². The Balaban J connectivity index is 1.85. The van der Waals surface area contributed by atoms with Gasteiger partial charge in [0.05, 0.1) is 18.6 Å². The molecule has 4 atom stereocenters. The number of hydrogen-bond acceptors (Lipinski definition) is 5. The summed E-state index contributed by atoms with van der Waals surface area (Å²) in [5.74, 6) is -2.59. The maximum atomic E-state index is 13.1. The van der Waals surface area contributed by atoms with Gasteiger partial charge >= 0.3 is 5.97 Å². The summed E-state index contributed by atoms with van der Waals surface area (Å²) < 4.78 is 5.67. The summed E-state index contributed by atoms with van der Waals surface area (Å²) in [6.07, 6.45) is 4.74. The van der Waals surface area contributed by atoms with Crippen LogP contribution in [0, 0.1) is 11.8 Å². The fourth-order valence-electron chi connectivity index (χ4n) is 3.84. The molecule has 3 N–H and O–H groups in total. The molecule has 0 fully saturated rings. The van der Waals surface area contributed by atoms with Gasteiger partial charge in [0.25, 0.3) is 0 Å². The molecule has 1 aliphatic heterocycles. The molecular weight excluding hydrogens is 432 g/mol. The molecule has 2 aromatic carbocycles. The van der Waals surface area contributed by atoms with Crippen molar-refractivity contribution in [1.82, 2.24) is 10.6 Å². The maximum Gasteiger partial charge on any atom is 0.309 e. The van der Waals surface area contributed by atoms with Crippen LogP contribution >= 0.6 is 0 Å². The predicted molar refractivity (Wildman–Crippen MR) is 128 cm³/mol. The zero-order valence-electron chi connectivity index (χ0n) is 19.4. The van der Waals surface area contributed by atoms with Crippen LogP contribution in [-0.4, -0.2) is 42.1 Å². The molecule has 3 rings (SSSR count). The Bertz CT molecular complexity index is 977. The first-order valence-electron chi connectivity index (χ1n) is 11.6. The highest BCUT2D eigenvalue weighted by Crippen LogP contribution is 2.20. The third kappa shape index (κ3) is 7.28. The van der Waals surface area contributed by atoms with Crippen molar-refractivity contribution in [3.8, 4) is 0 Å². The van der Waals surface area contributed by atoms with Crippen LogP contribution in [0.15, 0.2) is 72.8 Å². The molecule has 2 amide bonds. The van der Waals surface area contributed by atoms with E-state index in [4.69, 9.17) is 4.74 Å². The number of aliphatic hydroxyl groups is 1. The van der Waals surface area contributed by atoms with Gasteiger partial charge in [-0.3, -0.25) is 14.4 Å². The number of esters is 1. The third-order valence-corrected chi connectivity index (χ3v) is 5.82. The molecule has 180 valence electrons. The second-order valence-electron chi connectivity index (χ2n) is 8.58. The van der Waals surface area contributed by atoms with Crippen LogP contribution in [0.1, 0.15) is 36.9 Å². The Hall–Kier alpha value is -3.45. The van der Waals surface area contributed by atoms with E-state index < -0.39 is 29.8 Å². The molecule has 0 saturated heterocycles. The molecule has 0 spiro atoms. The number of carbonyl (C=O) groups excluding carboxylic acids is 3. The van der Waals surface area contributed by atoms with Gasteiger partial charge in [0.2, 0.25) is 11.8 Å². The highest BCUT2D eigenvalue weighted by atomic mass is 16.5. The van der Waals surface area contributed by atoms with E-state index in [-0.39, 0.29) is 31.5 Å². The third-order valence-electron chi connectivity index (χ3n) is 5.82. The van der Waals surface area contributed by atoms with Crippen molar-refractivity contribution in [3.05, 3.63) is 83.9 Å². The first kappa shape index (κ1) is 25.2. The Morgan fingerprint density at radius 2 is 1.71 bits per heavy atom. The minimum atomic E-state index is -0.973. The molecule has 34 heavy (non-hydrogen) atoms. The smallest absolute Gasteiger partial charge is 0.309 e. The van der Waals surface area contributed by atoms with Crippen molar-refractivity contribution < 1.29 is 24.2 Å². The van der Waals surface area contributed by atoms with E-state index in [1.165, 1.54) is 0 Å². The zero-order chi connectivity index (χ0) is 24.3. The first-order chi connectivity index (χ1) is 16.5. The first-order valence-corrected chi connectivity index (χ1v) is 11.6. The highest BCUT2D eigenvalue weighted by Gasteiger charge is 2.30. The van der Waals surface area contributed by atoms with Crippen LogP contribution < -0.4 is 10.6 Å². The molecule has 7 heteroatoms. The van der Waals surface area contributed by atoms with Crippen molar-refractivity contribution in [1.29, 1.82) is 0 Å². The van der Waals surface area contributed by atoms with Gasteiger partial charge in [-0.05, 0) is 37.3 Å². The molecular formula is C27H32N2O5. The lowest BCUT2D eigenvalue weighted by molar-refractivity contribution is -0.150. The van der Waals surface area contributed by atoms with Gasteiger partial charge in [0.1, 0.15) is 12.5 Å². The Morgan fingerprint density at radius 1 is 1.06 bits per heavy atom. The fourth-order valence-corrected chi connectivity index (χ4v) is 3.84. The molecule has 0 saturated carbocycles. The largest absolute Gasteiger partial charge is 0.463 e. The number of benzene rings is 2. The summed E-state index contributed by atoms with van der Waals surface area (Å²) in [6, 6.07) is 17.9. The van der Waals surface area contributed by atoms with Gasteiger partial charge in [-0.25, -0.2) is 0 Å². The van der Waals surface area contributed by atoms with Gasteiger partial charge in [-0.15, -0.1) is 0 Å². The quantitative estimate of drug-likeness (QED) is 0.346. The van der Waals surface area contributed by atoms with Crippen molar-refractivity contribution >= 4 is 17.8 Å². The lowest BCUT2D eigenvalue weighted by Crippen LogP contribution is -2.46. The number of cyclic esters (lactones) is 1. The van der Waals surface area contributed by atoms with E-state index in [1.54, 1.807) is 13.0 Å². The second kappa shape index (κ2) is 12.7. The number of allylic oxidation sites excluding steroid dienone is 2. The number of ether oxygens (including phenoxy) is 1. The van der Waals surface area contributed by atoms with Crippen LogP contribution in [0.4, 0.5) is 0 Å². The van der Waals surface area contributed by atoms with E-state index in [0.717, 1.165) is 11.1 Å². The van der Waals surface area contributed by atoms with E-state index in [0.29, 0.717) is 12.8 Å². The van der Waals surface area contributed by atoms with Crippen LogP contribution in [0.3, 0.4) is 0 Å². The number of aliphatic hydroxyl groups excluding tert-OH is 1. The summed E-state index contributed by atoms with van der Waals surface area (Å²) >= 11 is 0. The topological polar surface area (TPSA) is 105 Å². The molecule has 3 unspecified atom stereocenters. The highest BCUT2D eigenvalue weighted by molar-refractivity contribution is 6.00. The van der Waals surface area contributed by atoms with Crippen LogP contribution in [0.2, 0.25) is 0 Å². The standard InChI is InChI=1S/C27H32N2O5/c1-19(17-30)28-25(31)23-15-9-8-14-22(16-20-10-4-2-5-11-20)27(33)34-18-24(29-26(23)32)21-12-6-3-7-13-21/h2-13,19,22-24,30H,14-18H2,1H3,(H,28,31)(H,29,32)/t19-,22?,23?,24?/m0/s1. The second-order valence-corrected chi connectivity index (χ2v) is 8.58. The number of rotatable bonds is 6. The molecule has 0 aromatic heterocycles. The molecule has 0 bridgehead atoms. The summed E-state index contributed by atoms with van der Waals surface area (Å²) in [7, 11) is 0. The van der Waals surface area contributed by atoms with E-state index in [1.807, 2.05) is 66.7 Å². The molecule has 0 aliphatic carbocycles. The molecule has 2 aromatic rings. The van der Waals surface area contributed by atoms with E-state index >= 15 is 0 Å². The fraction of sp³-hybridized carbons (Fsp3) is 0.370. The number of hydrogen-bond donors (Lipinski definition) is 3. The minimum absolute atomic E-state index is 0.0367. The predicted octanol–water partition coefficient (Wildman–Crippen LogP) is 2.71. The summed E-state index contributed by atoms with van der Waals surface area (Å²) in [4.78, 5) is 38.9. The molecule has 7 nitrogen and oxygen atoms in total. The van der Waals surface area contributed by atoms with Crippen molar-refractivity contribution in [2.45, 2.75) is 38.3 Å². The maximum absolute atomic E-state index is 13.1. The van der Waals surface area contributed by atoms with Crippen molar-refractivity contribution in [2.75, 3.05) is 13.2 Å². The summed E-state index contributed by atoms with van der Waals surface area (Å²) in [6.45, 7) is 1.41. The van der Waals surface area contributed by atoms with Crippen molar-refractivity contribution in [2.24, 2.45) is 11.8 Å². The molecule has 1 aliphatic rings. The van der Waals surface area contributed by atoms with Crippen LogP contribution in [0.25, 0.3) is 0 Å². The van der Waals surface area contributed by atoms with Gasteiger partial charge < -0.3 is 20.5 Å². The van der Waals surface area contributed by atoms with Gasteiger partial charge in [-0.1, -0.05) is 72.8 Å². The van der Waals surface area contributed by atoms with E-state index in [2.05, 4.69) is 10.6 Å². The summed E-state index contributed by atoms with van der Waals surface area (Å²) in [5, 5.41) is 14.8. The number of amides is 2. The lowest BCUT2D eigenvalue weighted by Gasteiger charge is -2.25. The van der Waals surface area contributed by atoms with Gasteiger partial charge in [-0.2, -0.15) is 0 Å². The van der Waals surface area contributed by atoms with Crippen LogP contribution in [-0.2, 0) is 25.5 Å². The molecule has 0 radical (unpaired) electrons. The van der Waals surface area contributed by atoms with Gasteiger partial charge in [0.15, 0.2) is 0 Å². The SMILES string of the molecule is C[C@@H](CO)NC(=O)C1CC=CCC(Cc2ccccc2)C(=O)OCC(c2ccccc2)NC1=O. The minimum Gasteiger partial charge on any atom is -0.463 e. The Labute approximate surface area is 200 Å². The number of carbonyl (C=O) groups is 3. The Kier molecular flexibility index (Phi) is 9.40. The normalized spacial score (nSPS) is 22.5. The zero-order valence-corrected chi connectivity index (χ0v) is 19.4. The lowest BCUT2D eigenvalue weighted by atomic mass is 9.94.